The van der Waals surface area contributed by atoms with Gasteiger partial charge in [0.25, 0.3) is 0 Å². The summed E-state index contributed by atoms with van der Waals surface area (Å²) in [4.78, 5) is 0. The molecule has 0 aliphatic carbocycles. The number of hydrogen-bond donors (Lipinski definition) is 0. The van der Waals surface area contributed by atoms with Gasteiger partial charge in [0.2, 0.25) is 0 Å². The molecule has 0 bridgehead atoms. The van der Waals surface area contributed by atoms with E-state index in [4.69, 9.17) is 0 Å². The largest absolute Gasteiger partial charge is 0.309 e. The Morgan fingerprint density at radius 2 is 0.552 bits per heavy atom. The molecule has 270 valence electrons. The molecule has 11 aromatic carbocycles. The van der Waals surface area contributed by atoms with Crippen molar-refractivity contribution < 1.29 is 0 Å². The molecule has 0 aliphatic heterocycles. The molecule has 13 rings (SSSR count). The Morgan fingerprint density at radius 3 is 0.966 bits per heavy atom. The predicted molar refractivity (Wildman–Crippen MR) is 250 cm³/mol. The van der Waals surface area contributed by atoms with Crippen molar-refractivity contribution >= 4 is 108 Å². The lowest BCUT2D eigenvalue weighted by atomic mass is 9.87. The van der Waals surface area contributed by atoms with Gasteiger partial charge in [-0.15, -0.1) is 0 Å². The van der Waals surface area contributed by atoms with E-state index in [2.05, 4.69) is 205 Å². The fourth-order valence-corrected chi connectivity index (χ4v) is 10.4. The van der Waals surface area contributed by atoms with Gasteiger partial charge in [0.1, 0.15) is 0 Å². The number of hydrogen-bond acceptors (Lipinski definition) is 0. The van der Waals surface area contributed by atoms with Crippen molar-refractivity contribution in [3.05, 3.63) is 193 Å². The highest BCUT2D eigenvalue weighted by Crippen LogP contribution is 2.46. The zero-order valence-electron chi connectivity index (χ0n) is 32.2. The summed E-state index contributed by atoms with van der Waals surface area (Å²) in [7, 11) is 0. The molecule has 0 unspecified atom stereocenters. The van der Waals surface area contributed by atoms with E-state index in [1.54, 1.807) is 0 Å². The van der Waals surface area contributed by atoms with Crippen molar-refractivity contribution in [3.63, 3.8) is 0 Å². The Hall–Kier alpha value is -7.42. The van der Waals surface area contributed by atoms with Crippen LogP contribution in [0.25, 0.3) is 120 Å². The van der Waals surface area contributed by atoms with Crippen LogP contribution in [0.1, 0.15) is 11.1 Å². The average Bonchev–Trinajstić information content (AvgIpc) is 3.77. The summed E-state index contributed by atoms with van der Waals surface area (Å²) in [6.07, 6.45) is 0. The summed E-state index contributed by atoms with van der Waals surface area (Å²) in [6, 6.07) is 68.3. The Labute approximate surface area is 334 Å². The number of aromatic nitrogens is 2. The zero-order chi connectivity index (χ0) is 38.2. The molecule has 2 nitrogen and oxygen atoms in total. The standard InChI is InChI=1S/C56H36N2/c1-33-21-23-37-41(25-33)43-27-46-44(28-45(43)47-29-51-39-17-9-11-19-53(39)57(55(51)31-49(37)47)35-13-5-3-6-14-35)42-26-34(2)22-24-38(42)50-32-56-52(30-48(46)50)40-18-10-12-20-54(40)58(56)36-15-7-4-8-16-36/h3-32H,1-2H3. The van der Waals surface area contributed by atoms with Crippen LogP contribution in [0, 0.1) is 13.8 Å². The fourth-order valence-electron chi connectivity index (χ4n) is 10.4. The van der Waals surface area contributed by atoms with Crippen LogP contribution < -0.4 is 0 Å². The maximum absolute atomic E-state index is 2.52. The van der Waals surface area contributed by atoms with E-state index in [1.165, 1.54) is 131 Å². The van der Waals surface area contributed by atoms with Gasteiger partial charge in [-0.2, -0.15) is 0 Å². The van der Waals surface area contributed by atoms with E-state index in [9.17, 15) is 0 Å². The first-order valence-corrected chi connectivity index (χ1v) is 20.3. The maximum Gasteiger partial charge on any atom is 0.0547 e. The molecule has 0 saturated heterocycles. The highest BCUT2D eigenvalue weighted by atomic mass is 15.0. The van der Waals surface area contributed by atoms with Crippen molar-refractivity contribution in [2.45, 2.75) is 13.8 Å². The van der Waals surface area contributed by atoms with Gasteiger partial charge in [-0.05, 0) is 151 Å². The van der Waals surface area contributed by atoms with E-state index in [0.29, 0.717) is 0 Å². The normalized spacial score (nSPS) is 12.3. The lowest BCUT2D eigenvalue weighted by Gasteiger charge is -2.17. The highest BCUT2D eigenvalue weighted by molar-refractivity contribution is 6.35. The zero-order valence-corrected chi connectivity index (χ0v) is 32.2. The SMILES string of the molecule is Cc1ccc2c(c1)c1cc3c(cc1c1cc4c5ccccc5n(-c5ccccc5)c4cc21)c1cc(C)ccc1c1cc2c(cc31)c1ccccc1n2-c1ccccc1. The molecule has 0 atom stereocenters. The summed E-state index contributed by atoms with van der Waals surface area (Å²) < 4.78 is 4.87. The Bertz CT molecular complexity index is 3650. The smallest absolute Gasteiger partial charge is 0.0547 e. The van der Waals surface area contributed by atoms with Crippen LogP contribution in [-0.4, -0.2) is 9.13 Å². The van der Waals surface area contributed by atoms with Gasteiger partial charge in [-0.3, -0.25) is 0 Å². The molecule has 0 aliphatic rings. The number of benzene rings is 11. The van der Waals surface area contributed by atoms with Crippen molar-refractivity contribution in [1.29, 1.82) is 0 Å². The third-order valence-electron chi connectivity index (χ3n) is 12.9. The highest BCUT2D eigenvalue weighted by Gasteiger charge is 2.20. The summed E-state index contributed by atoms with van der Waals surface area (Å²) in [5, 5.41) is 20.6. The van der Waals surface area contributed by atoms with Gasteiger partial charge < -0.3 is 9.13 Å². The molecule has 0 amide bonds. The van der Waals surface area contributed by atoms with E-state index in [-0.39, 0.29) is 0 Å². The molecule has 58 heavy (non-hydrogen) atoms. The number of fused-ring (bicyclic) bond motifs is 18. The first-order chi connectivity index (χ1) is 28.6. The second-order valence-corrected chi connectivity index (χ2v) is 16.2. The van der Waals surface area contributed by atoms with Crippen LogP contribution >= 0.6 is 0 Å². The number of nitrogens with zero attached hydrogens (tertiary/aromatic N) is 2. The number of para-hydroxylation sites is 4. The average molecular weight is 737 g/mol. The molecule has 0 N–H and O–H groups in total. The van der Waals surface area contributed by atoms with Gasteiger partial charge in [0.05, 0.1) is 22.1 Å². The van der Waals surface area contributed by atoms with Crippen molar-refractivity contribution in [3.8, 4) is 11.4 Å². The quantitative estimate of drug-likeness (QED) is 0.124. The van der Waals surface area contributed by atoms with Gasteiger partial charge in [-0.1, -0.05) is 120 Å². The first kappa shape index (κ1) is 31.7. The summed E-state index contributed by atoms with van der Waals surface area (Å²) >= 11 is 0. The molecule has 2 heteroatoms. The first-order valence-electron chi connectivity index (χ1n) is 20.3. The molecular formula is C56H36N2. The van der Waals surface area contributed by atoms with E-state index >= 15 is 0 Å². The Balaban J connectivity index is 1.23. The van der Waals surface area contributed by atoms with Crippen LogP contribution in [0.2, 0.25) is 0 Å². The van der Waals surface area contributed by atoms with Gasteiger partial charge >= 0.3 is 0 Å². The minimum absolute atomic E-state index is 1.18. The van der Waals surface area contributed by atoms with Gasteiger partial charge in [0.15, 0.2) is 0 Å². The van der Waals surface area contributed by atoms with Crippen molar-refractivity contribution in [1.82, 2.24) is 9.13 Å². The van der Waals surface area contributed by atoms with Crippen LogP contribution in [0.15, 0.2) is 182 Å². The fraction of sp³-hybridized carbons (Fsp3) is 0.0357. The number of aryl methyl sites for hydroxylation is 2. The molecule has 0 saturated carbocycles. The van der Waals surface area contributed by atoms with E-state index in [0.717, 1.165) is 0 Å². The Morgan fingerprint density at radius 1 is 0.224 bits per heavy atom. The van der Waals surface area contributed by atoms with Crippen LogP contribution in [0.4, 0.5) is 0 Å². The molecule has 2 heterocycles. The van der Waals surface area contributed by atoms with Crippen LogP contribution in [-0.2, 0) is 0 Å². The molecule has 13 aromatic rings. The van der Waals surface area contributed by atoms with Crippen LogP contribution in [0.5, 0.6) is 0 Å². The second-order valence-electron chi connectivity index (χ2n) is 16.2. The lowest BCUT2D eigenvalue weighted by molar-refractivity contribution is 1.18. The summed E-state index contributed by atoms with van der Waals surface area (Å²) in [5.41, 5.74) is 9.79. The predicted octanol–water partition coefficient (Wildman–Crippen LogP) is 15.4. The summed E-state index contributed by atoms with van der Waals surface area (Å²) in [5.74, 6) is 0. The molecule has 0 radical (unpaired) electrons. The molecule has 0 spiro atoms. The third-order valence-corrected chi connectivity index (χ3v) is 12.9. The van der Waals surface area contributed by atoms with Crippen LogP contribution in [0.3, 0.4) is 0 Å². The van der Waals surface area contributed by atoms with Gasteiger partial charge in [-0.25, -0.2) is 0 Å². The Kier molecular flexibility index (Phi) is 6.33. The third kappa shape index (κ3) is 4.27. The lowest BCUT2D eigenvalue weighted by Crippen LogP contribution is -1.94. The monoisotopic (exact) mass is 736 g/mol. The van der Waals surface area contributed by atoms with E-state index in [1.807, 2.05) is 0 Å². The van der Waals surface area contributed by atoms with E-state index < -0.39 is 0 Å². The van der Waals surface area contributed by atoms with Crippen molar-refractivity contribution in [2.75, 3.05) is 0 Å². The van der Waals surface area contributed by atoms with Crippen molar-refractivity contribution in [2.24, 2.45) is 0 Å². The molecule has 0 fully saturated rings. The minimum atomic E-state index is 1.18. The molecule has 2 aromatic heterocycles. The minimum Gasteiger partial charge on any atom is -0.309 e. The number of rotatable bonds is 2. The molecular weight excluding hydrogens is 701 g/mol. The second kappa shape index (κ2) is 11.6. The summed E-state index contributed by atoms with van der Waals surface area (Å²) in [6.45, 7) is 4.44. The topological polar surface area (TPSA) is 9.86 Å². The van der Waals surface area contributed by atoms with Gasteiger partial charge in [0, 0.05) is 32.9 Å². The maximum atomic E-state index is 2.52.